The Morgan fingerprint density at radius 3 is 2.69 bits per heavy atom. The van der Waals surface area contributed by atoms with E-state index in [1.807, 2.05) is 18.2 Å². The highest BCUT2D eigenvalue weighted by Crippen LogP contribution is 2.32. The second-order valence-corrected chi connectivity index (χ2v) is 6.57. The van der Waals surface area contributed by atoms with Crippen LogP contribution in [-0.4, -0.2) is 22.8 Å². The van der Waals surface area contributed by atoms with Gasteiger partial charge in [-0.25, -0.2) is 0 Å². The molecule has 142 valence electrons. The molecule has 0 spiro atoms. The summed E-state index contributed by atoms with van der Waals surface area (Å²) >= 11 is 0. The summed E-state index contributed by atoms with van der Waals surface area (Å²) in [6.45, 7) is 6.86. The van der Waals surface area contributed by atoms with Crippen LogP contribution in [0.1, 0.15) is 45.4 Å². The molecule has 0 radical (unpaired) electrons. The number of aromatic nitrogens is 1. The van der Waals surface area contributed by atoms with Gasteiger partial charge in [-0.2, -0.15) is 0 Å². The predicted octanol–water partition coefficient (Wildman–Crippen LogP) is 4.58. The molecule has 0 bridgehead atoms. The summed E-state index contributed by atoms with van der Waals surface area (Å²) < 4.78 is 6.84. The van der Waals surface area contributed by atoms with Crippen LogP contribution in [0.15, 0.2) is 35.6 Å². The molecule has 0 saturated heterocycles. The summed E-state index contributed by atoms with van der Waals surface area (Å²) in [6, 6.07) is 5.63. The molecule has 2 aromatic rings. The van der Waals surface area contributed by atoms with Gasteiger partial charge < -0.3 is 19.7 Å². The average Bonchev–Trinajstić information content (AvgIpc) is 2.65. The summed E-state index contributed by atoms with van der Waals surface area (Å²) in [7, 11) is 1.68. The number of rotatable bonds is 11. The molecule has 0 aliphatic heterocycles. The molecule has 0 unspecified atom stereocenters. The van der Waals surface area contributed by atoms with E-state index in [0.717, 1.165) is 18.7 Å². The molecule has 0 saturated carbocycles. The van der Waals surface area contributed by atoms with Gasteiger partial charge >= 0.3 is 0 Å². The van der Waals surface area contributed by atoms with Crippen molar-refractivity contribution in [2.45, 2.75) is 45.4 Å². The van der Waals surface area contributed by atoms with Gasteiger partial charge in [-0.05, 0) is 24.6 Å². The maximum absolute atomic E-state index is 12.4. The number of hydrogen-bond donors (Lipinski definition) is 2. The topological polar surface area (TPSA) is 63.5 Å². The molecule has 2 N–H and O–H groups in total. The van der Waals surface area contributed by atoms with Crippen LogP contribution in [0.4, 0.5) is 5.69 Å². The smallest absolute Gasteiger partial charge is 0.297 e. The quantitative estimate of drug-likeness (QED) is 0.456. The van der Waals surface area contributed by atoms with Crippen molar-refractivity contribution in [1.29, 1.82) is 0 Å². The zero-order valence-corrected chi connectivity index (χ0v) is 15.9. The lowest BCUT2D eigenvalue weighted by atomic mass is 10.1. The van der Waals surface area contributed by atoms with E-state index in [1.54, 1.807) is 13.1 Å². The Balaban J connectivity index is 2.09. The molecule has 5 heteroatoms. The van der Waals surface area contributed by atoms with Crippen LogP contribution in [0, 0.1) is 0 Å². The normalized spacial score (nSPS) is 10.8. The lowest BCUT2D eigenvalue weighted by molar-refractivity contribution is 0.331. The highest BCUT2D eigenvalue weighted by atomic mass is 16.5. The number of aromatic hydroxyl groups is 1. The first-order chi connectivity index (χ1) is 12.6. The Morgan fingerprint density at radius 2 is 1.96 bits per heavy atom. The highest BCUT2D eigenvalue weighted by molar-refractivity contribution is 5.89. The van der Waals surface area contributed by atoms with E-state index < -0.39 is 0 Å². The van der Waals surface area contributed by atoms with E-state index in [9.17, 15) is 9.90 Å². The highest BCUT2D eigenvalue weighted by Gasteiger charge is 2.16. The zero-order valence-electron chi connectivity index (χ0n) is 15.9. The zero-order chi connectivity index (χ0) is 18.9. The van der Waals surface area contributed by atoms with Gasteiger partial charge in [-0.15, -0.1) is 0 Å². The maximum Gasteiger partial charge on any atom is 0.297 e. The molecule has 2 rings (SSSR count). The molecule has 1 aromatic carbocycles. The van der Waals surface area contributed by atoms with Crippen LogP contribution in [0.2, 0.25) is 0 Å². The molecule has 1 aromatic heterocycles. The van der Waals surface area contributed by atoms with Gasteiger partial charge in [0.2, 0.25) is 5.75 Å². The molecule has 26 heavy (non-hydrogen) atoms. The minimum atomic E-state index is -0.357. The summed E-state index contributed by atoms with van der Waals surface area (Å²) in [5.74, 6) is -0.153. The minimum absolute atomic E-state index is 0.0345. The van der Waals surface area contributed by atoms with Crippen molar-refractivity contribution in [1.82, 2.24) is 4.57 Å². The van der Waals surface area contributed by atoms with Gasteiger partial charge in [0.05, 0.1) is 5.52 Å². The van der Waals surface area contributed by atoms with Crippen LogP contribution in [0.25, 0.3) is 10.9 Å². The van der Waals surface area contributed by atoms with E-state index in [0.29, 0.717) is 10.9 Å². The first-order valence-electron chi connectivity index (χ1n) is 9.43. The Labute approximate surface area is 155 Å². The first kappa shape index (κ1) is 19.9. The van der Waals surface area contributed by atoms with Crippen LogP contribution in [-0.2, 0) is 7.05 Å². The summed E-state index contributed by atoms with van der Waals surface area (Å²) in [4.78, 5) is 12.4. The third kappa shape index (κ3) is 4.81. The average molecular weight is 358 g/mol. The molecule has 1 heterocycles. The number of fused-ring (bicyclic) bond motifs is 1. The number of aryl methyl sites for hydroxylation is 1. The lowest BCUT2D eigenvalue weighted by Gasteiger charge is -2.14. The number of nitrogens with zero attached hydrogens (tertiary/aromatic N) is 1. The standard InChI is InChI=1S/C21H30N2O3/c1-4-6-7-8-9-10-13-22-16-11-12-17-18(15-16)23(3)21(25)20(19(17)24)26-14-5-2/h5,11-12,15,22,24H,2,4,6-10,13-14H2,1,3H3. The molecule has 0 atom stereocenters. The third-order valence-electron chi connectivity index (χ3n) is 4.53. The Kier molecular flexibility index (Phi) is 7.57. The first-order valence-corrected chi connectivity index (χ1v) is 9.43. The fourth-order valence-electron chi connectivity index (χ4n) is 3.02. The largest absolute Gasteiger partial charge is 0.504 e. The van der Waals surface area contributed by atoms with Gasteiger partial charge in [-0.3, -0.25) is 4.79 Å². The summed E-state index contributed by atoms with van der Waals surface area (Å²) in [5.41, 5.74) is 1.26. The summed E-state index contributed by atoms with van der Waals surface area (Å²) in [5, 5.41) is 14.4. The fourth-order valence-corrected chi connectivity index (χ4v) is 3.02. The number of unbranched alkanes of at least 4 members (excludes halogenated alkanes) is 5. The lowest BCUT2D eigenvalue weighted by Crippen LogP contribution is -2.20. The maximum atomic E-state index is 12.4. The molecule has 0 aliphatic carbocycles. The molecule has 0 aliphatic rings. The Morgan fingerprint density at radius 1 is 1.23 bits per heavy atom. The van der Waals surface area contributed by atoms with Crippen molar-refractivity contribution in [2.75, 3.05) is 18.5 Å². The van der Waals surface area contributed by atoms with Crippen molar-refractivity contribution < 1.29 is 9.84 Å². The second kappa shape index (κ2) is 9.90. The van der Waals surface area contributed by atoms with Crippen molar-refractivity contribution in [2.24, 2.45) is 7.05 Å². The summed E-state index contributed by atoms with van der Waals surface area (Å²) in [6.07, 6.45) is 9.06. The van der Waals surface area contributed by atoms with Gasteiger partial charge in [0.15, 0.2) is 5.75 Å². The third-order valence-corrected chi connectivity index (χ3v) is 4.53. The monoisotopic (exact) mass is 358 g/mol. The Bertz CT molecular complexity index is 796. The van der Waals surface area contributed by atoms with Crippen LogP contribution < -0.4 is 15.6 Å². The van der Waals surface area contributed by atoms with Crippen LogP contribution in [0.3, 0.4) is 0 Å². The van der Waals surface area contributed by atoms with Crippen LogP contribution in [0.5, 0.6) is 11.5 Å². The molecule has 0 fully saturated rings. The number of ether oxygens (including phenoxy) is 1. The van der Waals surface area contributed by atoms with Crippen LogP contribution >= 0.6 is 0 Å². The minimum Gasteiger partial charge on any atom is -0.504 e. The Hall–Kier alpha value is -2.43. The predicted molar refractivity (Wildman–Crippen MR) is 108 cm³/mol. The molecule has 5 nitrogen and oxygen atoms in total. The van der Waals surface area contributed by atoms with E-state index >= 15 is 0 Å². The van der Waals surface area contributed by atoms with E-state index in [2.05, 4.69) is 18.8 Å². The SMILES string of the molecule is C=CCOc1c(O)c2ccc(NCCCCCCCC)cc2n(C)c1=O. The number of anilines is 1. The molecular formula is C21H30N2O3. The van der Waals surface area contributed by atoms with Gasteiger partial charge in [0.1, 0.15) is 6.61 Å². The number of pyridine rings is 1. The molecular weight excluding hydrogens is 328 g/mol. The van der Waals surface area contributed by atoms with E-state index in [1.165, 1.54) is 36.7 Å². The number of benzene rings is 1. The van der Waals surface area contributed by atoms with Crippen molar-refractivity contribution in [3.8, 4) is 11.5 Å². The van der Waals surface area contributed by atoms with Gasteiger partial charge in [0, 0.05) is 24.7 Å². The second-order valence-electron chi connectivity index (χ2n) is 6.57. The van der Waals surface area contributed by atoms with Gasteiger partial charge in [0.25, 0.3) is 5.56 Å². The molecule has 0 amide bonds. The number of hydrogen-bond acceptors (Lipinski definition) is 4. The van der Waals surface area contributed by atoms with Crippen molar-refractivity contribution >= 4 is 16.6 Å². The van der Waals surface area contributed by atoms with Crippen molar-refractivity contribution in [3.63, 3.8) is 0 Å². The number of nitrogens with one attached hydrogen (secondary N) is 1. The van der Waals surface area contributed by atoms with E-state index in [-0.39, 0.29) is 23.7 Å². The fraction of sp³-hybridized carbons (Fsp3) is 0.476. The van der Waals surface area contributed by atoms with Crippen molar-refractivity contribution in [3.05, 3.63) is 41.2 Å². The van der Waals surface area contributed by atoms with E-state index in [4.69, 9.17) is 4.74 Å². The van der Waals surface area contributed by atoms with Gasteiger partial charge in [-0.1, -0.05) is 51.7 Å².